The zero-order valence-corrected chi connectivity index (χ0v) is 12.5. The summed E-state index contributed by atoms with van der Waals surface area (Å²) < 4.78 is 0. The van der Waals surface area contributed by atoms with Gasteiger partial charge >= 0.3 is 6.03 Å². The maximum absolute atomic E-state index is 11.9. The quantitative estimate of drug-likeness (QED) is 0.888. The number of likely N-dealkylation sites (N-methyl/N-ethyl adjacent to an activating group) is 1. The van der Waals surface area contributed by atoms with Crippen LogP contribution in [0.25, 0.3) is 0 Å². The molecule has 20 heavy (non-hydrogen) atoms. The van der Waals surface area contributed by atoms with Crippen LogP contribution in [-0.2, 0) is 0 Å². The third kappa shape index (κ3) is 4.08. The summed E-state index contributed by atoms with van der Waals surface area (Å²) in [5.41, 5.74) is 0.794. The van der Waals surface area contributed by atoms with Crippen molar-refractivity contribution in [3.8, 4) is 0 Å². The molecule has 0 spiro atoms. The van der Waals surface area contributed by atoms with Gasteiger partial charge in [-0.1, -0.05) is 24.3 Å². The van der Waals surface area contributed by atoms with E-state index >= 15 is 0 Å². The van der Waals surface area contributed by atoms with Crippen molar-refractivity contribution in [2.45, 2.75) is 6.04 Å². The molecule has 0 unspecified atom stereocenters. The van der Waals surface area contributed by atoms with E-state index in [1.807, 2.05) is 50.5 Å². The molecule has 0 aliphatic heterocycles. The van der Waals surface area contributed by atoms with E-state index in [1.165, 1.54) is 4.88 Å². The van der Waals surface area contributed by atoms with Crippen LogP contribution in [0.5, 0.6) is 0 Å². The molecule has 1 heterocycles. The molecule has 2 amide bonds. The summed E-state index contributed by atoms with van der Waals surface area (Å²) in [6.07, 6.45) is 0. The molecule has 0 saturated heterocycles. The first kappa shape index (κ1) is 14.6. The van der Waals surface area contributed by atoms with Crippen LogP contribution >= 0.6 is 11.3 Å². The Balaban J connectivity index is 1.88. The highest BCUT2D eigenvalue weighted by molar-refractivity contribution is 7.10. The lowest BCUT2D eigenvalue weighted by Crippen LogP contribution is -2.36. The van der Waals surface area contributed by atoms with Gasteiger partial charge < -0.3 is 15.5 Å². The van der Waals surface area contributed by atoms with E-state index < -0.39 is 0 Å². The van der Waals surface area contributed by atoms with Gasteiger partial charge in [0.05, 0.1) is 6.04 Å². The fraction of sp³-hybridized carbons (Fsp3) is 0.267. The molecule has 106 valence electrons. The topological polar surface area (TPSA) is 44.4 Å². The Bertz CT molecular complexity index is 525. The van der Waals surface area contributed by atoms with Crippen LogP contribution in [-0.4, -0.2) is 31.6 Å². The summed E-state index contributed by atoms with van der Waals surface area (Å²) in [6, 6.07) is 13.6. The highest BCUT2D eigenvalue weighted by atomic mass is 32.1. The molecule has 2 rings (SSSR count). The van der Waals surface area contributed by atoms with Crippen molar-refractivity contribution in [3.05, 3.63) is 52.7 Å². The van der Waals surface area contributed by atoms with Crippen LogP contribution in [0.2, 0.25) is 0 Å². The fourth-order valence-corrected chi connectivity index (χ4v) is 2.83. The molecule has 1 atom stereocenters. The van der Waals surface area contributed by atoms with Gasteiger partial charge in [-0.2, -0.15) is 0 Å². The number of carbonyl (C=O) groups is 1. The lowest BCUT2D eigenvalue weighted by atomic mass is 10.2. The third-order valence-corrected chi connectivity index (χ3v) is 3.96. The number of urea groups is 1. The SMILES string of the molecule is CN(C)[C@@H](CNC(=O)Nc1ccccc1)c1cccs1. The van der Waals surface area contributed by atoms with Gasteiger partial charge in [0.25, 0.3) is 0 Å². The predicted octanol–water partition coefficient (Wildman–Crippen LogP) is 3.17. The first-order chi connectivity index (χ1) is 9.66. The predicted molar refractivity (Wildman–Crippen MR) is 84.2 cm³/mol. The minimum Gasteiger partial charge on any atom is -0.336 e. The standard InChI is InChI=1S/C15H19N3OS/c1-18(2)13(14-9-6-10-20-14)11-16-15(19)17-12-7-4-3-5-8-12/h3-10,13H,11H2,1-2H3,(H2,16,17,19)/t13-/m0/s1. The minimum atomic E-state index is -0.181. The Labute approximate surface area is 123 Å². The third-order valence-electron chi connectivity index (χ3n) is 2.98. The molecular formula is C15H19N3OS. The molecule has 0 bridgehead atoms. The van der Waals surface area contributed by atoms with E-state index in [2.05, 4.69) is 27.0 Å². The van der Waals surface area contributed by atoms with E-state index in [0.717, 1.165) is 5.69 Å². The monoisotopic (exact) mass is 289 g/mol. The zero-order chi connectivity index (χ0) is 14.4. The lowest BCUT2D eigenvalue weighted by Gasteiger charge is -2.23. The van der Waals surface area contributed by atoms with E-state index in [0.29, 0.717) is 6.54 Å². The Hall–Kier alpha value is -1.85. The molecule has 5 heteroatoms. The average Bonchev–Trinajstić information content (AvgIpc) is 2.93. The number of rotatable bonds is 5. The number of hydrogen-bond donors (Lipinski definition) is 2. The Morgan fingerprint density at radius 3 is 2.55 bits per heavy atom. The highest BCUT2D eigenvalue weighted by Gasteiger charge is 2.16. The second kappa shape index (κ2) is 7.07. The number of anilines is 1. The smallest absolute Gasteiger partial charge is 0.319 e. The number of hydrogen-bond acceptors (Lipinski definition) is 3. The van der Waals surface area contributed by atoms with Crippen molar-refractivity contribution in [2.24, 2.45) is 0 Å². The summed E-state index contributed by atoms with van der Waals surface area (Å²) >= 11 is 1.70. The van der Waals surface area contributed by atoms with Gasteiger partial charge in [0.1, 0.15) is 0 Å². The van der Waals surface area contributed by atoms with Gasteiger partial charge in [-0.15, -0.1) is 11.3 Å². The molecule has 1 aromatic carbocycles. The van der Waals surface area contributed by atoms with Gasteiger partial charge in [0, 0.05) is 17.1 Å². The number of nitrogens with one attached hydrogen (secondary N) is 2. The van der Waals surface area contributed by atoms with E-state index in [9.17, 15) is 4.79 Å². The molecule has 0 saturated carbocycles. The van der Waals surface area contributed by atoms with Crippen molar-refractivity contribution in [1.29, 1.82) is 0 Å². The second-order valence-corrected chi connectivity index (χ2v) is 5.68. The normalized spacial score (nSPS) is 12.2. The van der Waals surface area contributed by atoms with Gasteiger partial charge in [0.2, 0.25) is 0 Å². The van der Waals surface area contributed by atoms with Crippen LogP contribution in [0.3, 0.4) is 0 Å². The maximum Gasteiger partial charge on any atom is 0.319 e. The summed E-state index contributed by atoms with van der Waals surface area (Å²) in [6.45, 7) is 0.576. The van der Waals surface area contributed by atoms with Crippen LogP contribution in [0.4, 0.5) is 10.5 Å². The van der Waals surface area contributed by atoms with Crippen LogP contribution in [0.1, 0.15) is 10.9 Å². The molecule has 0 aliphatic rings. The lowest BCUT2D eigenvalue weighted by molar-refractivity contribution is 0.244. The first-order valence-electron chi connectivity index (χ1n) is 6.46. The second-order valence-electron chi connectivity index (χ2n) is 4.70. The largest absolute Gasteiger partial charge is 0.336 e. The van der Waals surface area contributed by atoms with E-state index in [1.54, 1.807) is 11.3 Å². The number of nitrogens with zero attached hydrogens (tertiary/aromatic N) is 1. The van der Waals surface area contributed by atoms with Crippen molar-refractivity contribution in [2.75, 3.05) is 26.0 Å². The van der Waals surface area contributed by atoms with Crippen LogP contribution < -0.4 is 10.6 Å². The van der Waals surface area contributed by atoms with Crippen molar-refractivity contribution in [3.63, 3.8) is 0 Å². The summed E-state index contributed by atoms with van der Waals surface area (Å²) in [4.78, 5) is 15.2. The number of thiophene rings is 1. The Morgan fingerprint density at radius 2 is 1.95 bits per heavy atom. The number of carbonyl (C=O) groups excluding carboxylic acids is 1. The number of benzene rings is 1. The van der Waals surface area contributed by atoms with E-state index in [-0.39, 0.29) is 12.1 Å². The Morgan fingerprint density at radius 1 is 1.20 bits per heavy atom. The van der Waals surface area contributed by atoms with Gasteiger partial charge in [-0.3, -0.25) is 0 Å². The Kier molecular flexibility index (Phi) is 5.15. The molecule has 0 fully saturated rings. The van der Waals surface area contributed by atoms with Gasteiger partial charge in [-0.05, 0) is 37.7 Å². The van der Waals surface area contributed by atoms with Gasteiger partial charge in [-0.25, -0.2) is 4.79 Å². The van der Waals surface area contributed by atoms with Gasteiger partial charge in [0.15, 0.2) is 0 Å². The highest BCUT2D eigenvalue weighted by Crippen LogP contribution is 2.22. The summed E-state index contributed by atoms with van der Waals surface area (Å²) in [5.74, 6) is 0. The fourth-order valence-electron chi connectivity index (χ4n) is 1.90. The number of para-hydroxylation sites is 1. The number of amides is 2. The summed E-state index contributed by atoms with van der Waals surface area (Å²) in [5, 5.41) is 7.78. The molecule has 1 aromatic heterocycles. The van der Waals surface area contributed by atoms with Crippen molar-refractivity contribution >= 4 is 23.1 Å². The van der Waals surface area contributed by atoms with Crippen LogP contribution in [0, 0.1) is 0 Å². The molecule has 4 nitrogen and oxygen atoms in total. The minimum absolute atomic E-state index is 0.181. The molecule has 0 radical (unpaired) electrons. The molecular weight excluding hydrogens is 270 g/mol. The van der Waals surface area contributed by atoms with Crippen molar-refractivity contribution in [1.82, 2.24) is 10.2 Å². The maximum atomic E-state index is 11.9. The first-order valence-corrected chi connectivity index (χ1v) is 7.34. The summed E-state index contributed by atoms with van der Waals surface area (Å²) in [7, 11) is 4.03. The molecule has 2 N–H and O–H groups in total. The average molecular weight is 289 g/mol. The van der Waals surface area contributed by atoms with Crippen LogP contribution in [0.15, 0.2) is 47.8 Å². The van der Waals surface area contributed by atoms with E-state index in [4.69, 9.17) is 0 Å². The zero-order valence-electron chi connectivity index (χ0n) is 11.7. The van der Waals surface area contributed by atoms with Crippen molar-refractivity contribution < 1.29 is 4.79 Å². The molecule has 2 aromatic rings. The molecule has 0 aliphatic carbocycles.